The van der Waals surface area contributed by atoms with Gasteiger partial charge in [-0.05, 0) is 49.4 Å². The first kappa shape index (κ1) is 21.2. The summed E-state index contributed by atoms with van der Waals surface area (Å²) in [4.78, 5) is 23.4. The number of nitrogens with one attached hydrogen (secondary N) is 1. The van der Waals surface area contributed by atoms with Crippen molar-refractivity contribution in [2.45, 2.75) is 25.8 Å². The summed E-state index contributed by atoms with van der Waals surface area (Å²) in [5.41, 5.74) is 7.57. The number of benzene rings is 1. The molecule has 25 heavy (non-hydrogen) atoms. The molecule has 0 aromatic heterocycles. The number of carbonyl (C=O) groups is 2. The number of methoxy groups -OCH3 is 1. The molecule has 3 N–H and O–H groups in total. The number of ether oxygens (including phenoxy) is 3. The van der Waals surface area contributed by atoms with E-state index in [2.05, 4.69) is 10.1 Å². The minimum atomic E-state index is -0.552. The first-order valence-electron chi connectivity index (χ1n) is 7.95. The zero-order chi connectivity index (χ0) is 17.5. The summed E-state index contributed by atoms with van der Waals surface area (Å²) >= 11 is 0. The van der Waals surface area contributed by atoms with Crippen LogP contribution in [0.5, 0.6) is 5.75 Å². The van der Waals surface area contributed by atoms with Gasteiger partial charge in [0.1, 0.15) is 5.75 Å². The van der Waals surface area contributed by atoms with Crippen molar-refractivity contribution < 1.29 is 23.8 Å². The fourth-order valence-corrected chi connectivity index (χ4v) is 2.57. The van der Waals surface area contributed by atoms with Gasteiger partial charge < -0.3 is 25.3 Å². The fraction of sp³-hybridized carbons (Fsp3) is 0.529. The smallest absolute Gasteiger partial charge is 0.343 e. The van der Waals surface area contributed by atoms with E-state index < -0.39 is 12.0 Å². The Morgan fingerprint density at radius 1 is 1.36 bits per heavy atom. The number of nitrogens with two attached hydrogens (primary N) is 1. The molecule has 1 heterocycles. The Morgan fingerprint density at radius 3 is 2.64 bits per heavy atom. The average molecular weight is 373 g/mol. The molecule has 140 valence electrons. The first-order valence-corrected chi connectivity index (χ1v) is 7.95. The summed E-state index contributed by atoms with van der Waals surface area (Å²) in [7, 11) is 1.30. The van der Waals surface area contributed by atoms with E-state index in [1.54, 1.807) is 18.2 Å². The molecule has 1 atom stereocenters. The Morgan fingerprint density at radius 2 is 2.04 bits per heavy atom. The highest BCUT2D eigenvalue weighted by Gasteiger charge is 2.26. The topological polar surface area (TPSA) is 99.9 Å². The van der Waals surface area contributed by atoms with Crippen molar-refractivity contribution in [1.29, 1.82) is 0 Å². The molecule has 1 amide bonds. The molecule has 1 fully saturated rings. The first-order chi connectivity index (χ1) is 11.5. The van der Waals surface area contributed by atoms with Gasteiger partial charge in [0.05, 0.1) is 13.2 Å². The minimum absolute atomic E-state index is 0. The summed E-state index contributed by atoms with van der Waals surface area (Å²) in [6.07, 6.45) is 1.60. The van der Waals surface area contributed by atoms with Crippen LogP contribution < -0.4 is 15.8 Å². The van der Waals surface area contributed by atoms with E-state index in [4.69, 9.17) is 15.2 Å². The number of anilines is 1. The SMILES string of the molecule is COC(=O)COc1ccc(NC(=O)C(N)C2CCOCC2)c(C)c1.Cl. The fourth-order valence-electron chi connectivity index (χ4n) is 2.57. The van der Waals surface area contributed by atoms with E-state index in [0.29, 0.717) is 24.7 Å². The predicted molar refractivity (Wildman–Crippen MR) is 96.1 cm³/mol. The Hall–Kier alpha value is -1.83. The number of halogens is 1. The highest BCUT2D eigenvalue weighted by atomic mass is 35.5. The second-order valence-corrected chi connectivity index (χ2v) is 5.81. The Balaban J connectivity index is 0.00000312. The quantitative estimate of drug-likeness (QED) is 0.737. The lowest BCUT2D eigenvalue weighted by Crippen LogP contribution is -2.44. The van der Waals surface area contributed by atoms with E-state index in [1.165, 1.54) is 7.11 Å². The molecule has 0 bridgehead atoms. The van der Waals surface area contributed by atoms with Crippen LogP contribution in [-0.2, 0) is 19.1 Å². The molecule has 0 radical (unpaired) electrons. The standard InChI is InChI=1S/C17H24N2O5.ClH/c1-11-9-13(24-10-15(20)22-2)3-4-14(11)19-17(21)16(18)12-5-7-23-8-6-12;/h3-4,9,12,16H,5-8,10,18H2,1-2H3,(H,19,21);1H. The molecular weight excluding hydrogens is 348 g/mol. The van der Waals surface area contributed by atoms with Gasteiger partial charge in [0, 0.05) is 18.9 Å². The zero-order valence-corrected chi connectivity index (χ0v) is 15.3. The lowest BCUT2D eigenvalue weighted by Gasteiger charge is -2.27. The van der Waals surface area contributed by atoms with E-state index in [9.17, 15) is 9.59 Å². The van der Waals surface area contributed by atoms with Gasteiger partial charge in [-0.15, -0.1) is 12.4 Å². The molecule has 1 aliphatic rings. The molecule has 1 unspecified atom stereocenters. The molecule has 1 aromatic carbocycles. The number of hydrogen-bond donors (Lipinski definition) is 2. The molecule has 1 aliphatic heterocycles. The van der Waals surface area contributed by atoms with Crippen molar-refractivity contribution >= 4 is 30.0 Å². The van der Waals surface area contributed by atoms with Crippen molar-refractivity contribution in [1.82, 2.24) is 0 Å². The maximum atomic E-state index is 12.3. The van der Waals surface area contributed by atoms with Crippen LogP contribution in [0.2, 0.25) is 0 Å². The average Bonchev–Trinajstić information content (AvgIpc) is 2.61. The zero-order valence-electron chi connectivity index (χ0n) is 14.4. The number of hydrogen-bond acceptors (Lipinski definition) is 6. The molecular formula is C17H25ClN2O5. The second-order valence-electron chi connectivity index (χ2n) is 5.81. The Bertz CT molecular complexity index is 590. The molecule has 8 heteroatoms. The summed E-state index contributed by atoms with van der Waals surface area (Å²) in [5, 5.41) is 2.86. The van der Waals surface area contributed by atoms with Gasteiger partial charge >= 0.3 is 5.97 Å². The Kier molecular flexibility index (Phi) is 8.68. The number of amides is 1. The summed E-state index contributed by atoms with van der Waals surface area (Å²) < 4.78 is 15.1. The maximum Gasteiger partial charge on any atom is 0.343 e. The second kappa shape index (κ2) is 10.2. The highest BCUT2D eigenvalue weighted by molar-refractivity contribution is 5.95. The molecule has 0 aliphatic carbocycles. The molecule has 2 rings (SSSR count). The summed E-state index contributed by atoms with van der Waals surface area (Å²) in [6, 6.07) is 4.61. The van der Waals surface area contributed by atoms with Crippen LogP contribution in [0.1, 0.15) is 18.4 Å². The van der Waals surface area contributed by atoms with Gasteiger partial charge in [-0.1, -0.05) is 0 Å². The third kappa shape index (κ3) is 6.19. The van der Waals surface area contributed by atoms with Crippen molar-refractivity contribution in [2.75, 3.05) is 32.2 Å². The van der Waals surface area contributed by atoms with Crippen LogP contribution >= 0.6 is 12.4 Å². The number of carbonyl (C=O) groups excluding carboxylic acids is 2. The van der Waals surface area contributed by atoms with Crippen LogP contribution in [0.15, 0.2) is 18.2 Å². The van der Waals surface area contributed by atoms with Crippen LogP contribution in [0.3, 0.4) is 0 Å². The molecule has 0 saturated carbocycles. The molecule has 1 aromatic rings. The van der Waals surface area contributed by atoms with Gasteiger partial charge in [0.15, 0.2) is 6.61 Å². The van der Waals surface area contributed by atoms with Gasteiger partial charge in [-0.3, -0.25) is 4.79 Å². The third-order valence-electron chi connectivity index (χ3n) is 4.12. The maximum absolute atomic E-state index is 12.3. The van der Waals surface area contributed by atoms with Crippen molar-refractivity contribution in [2.24, 2.45) is 11.7 Å². The van der Waals surface area contributed by atoms with Crippen molar-refractivity contribution in [3.05, 3.63) is 23.8 Å². The number of aryl methyl sites for hydroxylation is 1. The number of rotatable bonds is 6. The largest absolute Gasteiger partial charge is 0.482 e. The third-order valence-corrected chi connectivity index (χ3v) is 4.12. The van der Waals surface area contributed by atoms with Crippen LogP contribution in [0.4, 0.5) is 5.69 Å². The van der Waals surface area contributed by atoms with E-state index >= 15 is 0 Å². The summed E-state index contributed by atoms with van der Waals surface area (Å²) in [6.45, 7) is 2.99. The van der Waals surface area contributed by atoms with Gasteiger partial charge in [-0.25, -0.2) is 4.79 Å². The normalized spacial score (nSPS) is 15.6. The predicted octanol–water partition coefficient (Wildman–Crippen LogP) is 1.66. The van der Waals surface area contributed by atoms with Crippen LogP contribution in [0, 0.1) is 12.8 Å². The van der Waals surface area contributed by atoms with E-state index in [0.717, 1.165) is 18.4 Å². The molecule has 0 spiro atoms. The van der Waals surface area contributed by atoms with Gasteiger partial charge in [-0.2, -0.15) is 0 Å². The van der Waals surface area contributed by atoms with Crippen LogP contribution in [-0.4, -0.2) is 44.8 Å². The lowest BCUT2D eigenvalue weighted by molar-refractivity contribution is -0.142. The molecule has 1 saturated heterocycles. The van der Waals surface area contributed by atoms with E-state index in [1.807, 2.05) is 6.92 Å². The molecule has 7 nitrogen and oxygen atoms in total. The van der Waals surface area contributed by atoms with Gasteiger partial charge in [0.25, 0.3) is 0 Å². The Labute approximate surface area is 153 Å². The van der Waals surface area contributed by atoms with E-state index in [-0.39, 0.29) is 30.8 Å². The highest BCUT2D eigenvalue weighted by Crippen LogP contribution is 2.23. The van der Waals surface area contributed by atoms with Crippen molar-refractivity contribution in [3.8, 4) is 5.75 Å². The monoisotopic (exact) mass is 372 g/mol. The van der Waals surface area contributed by atoms with Crippen LogP contribution in [0.25, 0.3) is 0 Å². The lowest BCUT2D eigenvalue weighted by atomic mass is 9.92. The number of esters is 1. The summed E-state index contributed by atoms with van der Waals surface area (Å²) in [5.74, 6) is 0.0204. The van der Waals surface area contributed by atoms with Crippen molar-refractivity contribution in [3.63, 3.8) is 0 Å². The van der Waals surface area contributed by atoms with Gasteiger partial charge in [0.2, 0.25) is 5.91 Å². The minimum Gasteiger partial charge on any atom is -0.482 e.